The lowest BCUT2D eigenvalue weighted by Gasteiger charge is -2.24. The summed E-state index contributed by atoms with van der Waals surface area (Å²) in [7, 11) is 3.27. The number of benzene rings is 2. The van der Waals surface area contributed by atoms with Gasteiger partial charge in [-0.3, -0.25) is 15.2 Å². The lowest BCUT2D eigenvalue weighted by molar-refractivity contribution is 0.316. The molecule has 7 nitrogen and oxygen atoms in total. The molecule has 2 aliphatic heterocycles. The van der Waals surface area contributed by atoms with Gasteiger partial charge in [-0.15, -0.1) is 0 Å². The summed E-state index contributed by atoms with van der Waals surface area (Å²) in [4.78, 5) is 20.9. The highest BCUT2D eigenvalue weighted by Gasteiger charge is 2.27. The second-order valence-corrected chi connectivity index (χ2v) is 7.45. The third-order valence-electron chi connectivity index (χ3n) is 5.58. The SMILES string of the molecule is COc1cc(OC)cc(C2=CN3NC(c4[nH]c5ccccc5c(=O)c4C)=NC3C=C2)c1. The highest BCUT2D eigenvalue weighted by molar-refractivity contribution is 6.01. The Kier molecular flexibility index (Phi) is 4.51. The van der Waals surface area contributed by atoms with Gasteiger partial charge in [0.25, 0.3) is 0 Å². The number of ether oxygens (including phenoxy) is 2. The molecule has 2 N–H and O–H groups in total. The van der Waals surface area contributed by atoms with Gasteiger partial charge in [0, 0.05) is 28.7 Å². The fourth-order valence-corrected chi connectivity index (χ4v) is 3.87. The van der Waals surface area contributed by atoms with Gasteiger partial charge in [0.2, 0.25) is 0 Å². The average Bonchev–Trinajstić information content (AvgIpc) is 3.24. The van der Waals surface area contributed by atoms with Crippen molar-refractivity contribution in [3.05, 3.63) is 87.9 Å². The largest absolute Gasteiger partial charge is 0.497 e. The maximum atomic E-state index is 12.8. The Morgan fingerprint density at radius 2 is 1.81 bits per heavy atom. The van der Waals surface area contributed by atoms with E-state index in [1.807, 2.05) is 72.7 Å². The van der Waals surface area contributed by atoms with E-state index in [1.54, 1.807) is 14.2 Å². The van der Waals surface area contributed by atoms with Crippen LogP contribution in [0.1, 0.15) is 16.8 Å². The number of methoxy groups -OCH3 is 2. The van der Waals surface area contributed by atoms with Crippen molar-refractivity contribution in [3.8, 4) is 11.5 Å². The zero-order valence-corrected chi connectivity index (χ0v) is 17.5. The van der Waals surface area contributed by atoms with E-state index in [0.717, 1.165) is 28.2 Å². The van der Waals surface area contributed by atoms with E-state index in [-0.39, 0.29) is 11.6 Å². The molecular weight excluding hydrogens is 392 g/mol. The number of rotatable bonds is 4. The number of aliphatic imine (C=N–C) groups is 1. The summed E-state index contributed by atoms with van der Waals surface area (Å²) in [6.45, 7) is 1.82. The molecule has 0 amide bonds. The molecule has 2 aromatic carbocycles. The summed E-state index contributed by atoms with van der Waals surface area (Å²) in [5, 5.41) is 2.60. The number of hydrazine groups is 1. The van der Waals surface area contributed by atoms with E-state index in [0.29, 0.717) is 22.5 Å². The second-order valence-electron chi connectivity index (χ2n) is 7.45. The van der Waals surface area contributed by atoms with Crippen LogP contribution in [0.15, 0.2) is 70.6 Å². The number of aromatic amines is 1. The Hall–Kier alpha value is -4.00. The summed E-state index contributed by atoms with van der Waals surface area (Å²) in [6.07, 6.45) is 5.83. The highest BCUT2D eigenvalue weighted by Crippen LogP contribution is 2.31. The van der Waals surface area contributed by atoms with E-state index in [4.69, 9.17) is 14.5 Å². The number of nitrogens with zero attached hydrogens (tertiary/aromatic N) is 2. The third kappa shape index (κ3) is 3.24. The maximum absolute atomic E-state index is 12.8. The van der Waals surface area contributed by atoms with Crippen molar-refractivity contribution >= 4 is 22.3 Å². The van der Waals surface area contributed by atoms with Gasteiger partial charge in [0.15, 0.2) is 17.4 Å². The lowest BCUT2D eigenvalue weighted by atomic mass is 10.0. The summed E-state index contributed by atoms with van der Waals surface area (Å²) < 4.78 is 10.8. The summed E-state index contributed by atoms with van der Waals surface area (Å²) in [6, 6.07) is 13.3. The first-order chi connectivity index (χ1) is 15.1. The van der Waals surface area contributed by atoms with Crippen molar-refractivity contribution in [2.75, 3.05) is 14.2 Å². The summed E-state index contributed by atoms with van der Waals surface area (Å²) >= 11 is 0. The number of hydrogen-bond donors (Lipinski definition) is 2. The van der Waals surface area contributed by atoms with Crippen LogP contribution in [-0.2, 0) is 0 Å². The van der Waals surface area contributed by atoms with Crippen LogP contribution in [0.2, 0.25) is 0 Å². The van der Waals surface area contributed by atoms with Crippen LogP contribution in [0.25, 0.3) is 16.5 Å². The third-order valence-corrected chi connectivity index (χ3v) is 5.58. The molecule has 0 bridgehead atoms. The lowest BCUT2D eigenvalue weighted by Crippen LogP contribution is -2.38. The number of para-hydroxylation sites is 1. The first-order valence-electron chi connectivity index (χ1n) is 9.95. The van der Waals surface area contributed by atoms with Gasteiger partial charge in [0.1, 0.15) is 11.5 Å². The Balaban J connectivity index is 1.49. The van der Waals surface area contributed by atoms with Gasteiger partial charge < -0.3 is 14.5 Å². The first kappa shape index (κ1) is 19.0. The number of allylic oxidation sites excluding steroid dienone is 2. The fraction of sp³-hybridized carbons (Fsp3) is 0.167. The van der Waals surface area contributed by atoms with Crippen LogP contribution in [0, 0.1) is 6.92 Å². The van der Waals surface area contributed by atoms with E-state index in [9.17, 15) is 4.79 Å². The molecule has 0 fully saturated rings. The van der Waals surface area contributed by atoms with Gasteiger partial charge in [-0.2, -0.15) is 0 Å². The van der Waals surface area contributed by atoms with Crippen molar-refractivity contribution in [2.45, 2.75) is 13.1 Å². The second kappa shape index (κ2) is 7.36. The molecule has 0 saturated carbocycles. The van der Waals surface area contributed by atoms with Crippen molar-refractivity contribution < 1.29 is 9.47 Å². The van der Waals surface area contributed by atoms with Gasteiger partial charge in [0.05, 0.1) is 19.9 Å². The zero-order valence-electron chi connectivity index (χ0n) is 17.5. The quantitative estimate of drug-likeness (QED) is 0.685. The minimum absolute atomic E-state index is 0.00831. The molecule has 156 valence electrons. The average molecular weight is 414 g/mol. The van der Waals surface area contributed by atoms with Crippen molar-refractivity contribution in [2.24, 2.45) is 4.99 Å². The molecule has 31 heavy (non-hydrogen) atoms. The van der Waals surface area contributed by atoms with Crippen LogP contribution in [0.3, 0.4) is 0 Å². The van der Waals surface area contributed by atoms with Gasteiger partial charge in [-0.1, -0.05) is 18.2 Å². The van der Waals surface area contributed by atoms with Crippen LogP contribution < -0.4 is 20.3 Å². The summed E-state index contributed by atoms with van der Waals surface area (Å²) in [5.41, 5.74) is 7.41. The zero-order chi connectivity index (χ0) is 21.5. The van der Waals surface area contributed by atoms with Crippen molar-refractivity contribution in [1.29, 1.82) is 0 Å². The predicted octanol–water partition coefficient (Wildman–Crippen LogP) is 3.36. The van der Waals surface area contributed by atoms with E-state index in [2.05, 4.69) is 10.4 Å². The van der Waals surface area contributed by atoms with Crippen LogP contribution in [0.4, 0.5) is 0 Å². The topological polar surface area (TPSA) is 79.0 Å². The molecule has 3 heterocycles. The number of nitrogens with one attached hydrogen (secondary N) is 2. The molecule has 1 atom stereocenters. The Morgan fingerprint density at radius 1 is 1.06 bits per heavy atom. The molecule has 1 aromatic heterocycles. The van der Waals surface area contributed by atoms with Gasteiger partial charge >= 0.3 is 0 Å². The number of aromatic nitrogens is 1. The van der Waals surface area contributed by atoms with Crippen molar-refractivity contribution in [1.82, 2.24) is 15.4 Å². The summed E-state index contributed by atoms with van der Waals surface area (Å²) in [5.74, 6) is 2.08. The van der Waals surface area contributed by atoms with Crippen LogP contribution >= 0.6 is 0 Å². The Labute approximate surface area is 179 Å². The minimum Gasteiger partial charge on any atom is -0.497 e. The normalized spacial score (nSPS) is 17.1. The van der Waals surface area contributed by atoms with Gasteiger partial charge in [-0.05, 0) is 48.4 Å². The van der Waals surface area contributed by atoms with E-state index >= 15 is 0 Å². The van der Waals surface area contributed by atoms with E-state index in [1.165, 1.54) is 0 Å². The smallest absolute Gasteiger partial charge is 0.193 e. The fourth-order valence-electron chi connectivity index (χ4n) is 3.87. The molecule has 2 aliphatic rings. The maximum Gasteiger partial charge on any atom is 0.193 e. The Morgan fingerprint density at radius 3 is 2.55 bits per heavy atom. The number of hydrogen-bond acceptors (Lipinski definition) is 6. The minimum atomic E-state index is -0.194. The highest BCUT2D eigenvalue weighted by atomic mass is 16.5. The monoisotopic (exact) mass is 414 g/mol. The van der Waals surface area contributed by atoms with Crippen molar-refractivity contribution in [3.63, 3.8) is 0 Å². The predicted molar refractivity (Wildman–Crippen MR) is 121 cm³/mol. The Bertz CT molecular complexity index is 1310. The number of H-pyrrole nitrogens is 1. The number of pyridine rings is 1. The first-order valence-corrected chi connectivity index (χ1v) is 9.95. The molecule has 0 aliphatic carbocycles. The molecular formula is C24H22N4O3. The molecule has 1 unspecified atom stereocenters. The standard InChI is InChI=1S/C24H22N4O3/c1-14-22(25-20-7-5-4-6-19(20)23(14)29)24-26-21-9-8-15(13-28(21)27-24)16-10-17(30-2)12-18(11-16)31-3/h4-13,21H,1-3H3,(H,25,29)(H,26,27). The number of fused-ring (bicyclic) bond motifs is 2. The molecule has 0 saturated heterocycles. The molecule has 5 rings (SSSR count). The van der Waals surface area contributed by atoms with Gasteiger partial charge in [-0.25, -0.2) is 4.99 Å². The number of amidine groups is 1. The molecule has 7 heteroatoms. The molecule has 3 aromatic rings. The molecule has 0 spiro atoms. The van der Waals surface area contributed by atoms with Crippen LogP contribution in [-0.4, -0.2) is 36.2 Å². The van der Waals surface area contributed by atoms with Crippen LogP contribution in [0.5, 0.6) is 11.5 Å². The molecule has 0 radical (unpaired) electrons. The van der Waals surface area contributed by atoms with E-state index < -0.39 is 0 Å².